The van der Waals surface area contributed by atoms with Crippen molar-refractivity contribution in [2.24, 2.45) is 0 Å². The van der Waals surface area contributed by atoms with Gasteiger partial charge in [-0.3, -0.25) is 0 Å². The van der Waals surface area contributed by atoms with Crippen molar-refractivity contribution in [3.05, 3.63) is 23.8 Å². The lowest BCUT2D eigenvalue weighted by molar-refractivity contribution is 0.102. The molecule has 1 unspecified atom stereocenters. The fraction of sp³-hybridized carbons (Fsp3) is 0.600. The summed E-state index contributed by atoms with van der Waals surface area (Å²) in [4.78, 5) is 0. The van der Waals surface area contributed by atoms with Gasteiger partial charge in [0.05, 0.1) is 13.2 Å². The number of nitrogens with one attached hydrogen (secondary N) is 1. The van der Waals surface area contributed by atoms with E-state index in [0.717, 1.165) is 30.8 Å². The lowest BCUT2D eigenvalue weighted by Gasteiger charge is -2.17. The van der Waals surface area contributed by atoms with E-state index in [1.807, 2.05) is 25.1 Å². The topological polar surface area (TPSA) is 50.7 Å². The third-order valence-corrected chi connectivity index (χ3v) is 2.91. The van der Waals surface area contributed by atoms with Crippen LogP contribution in [-0.4, -0.2) is 31.5 Å². The van der Waals surface area contributed by atoms with Gasteiger partial charge in [-0.1, -0.05) is 26.0 Å². The third kappa shape index (κ3) is 5.09. The van der Waals surface area contributed by atoms with Crippen LogP contribution in [0.15, 0.2) is 18.2 Å². The summed E-state index contributed by atoms with van der Waals surface area (Å²) < 4.78 is 11.1. The van der Waals surface area contributed by atoms with E-state index in [1.54, 1.807) is 7.11 Å². The summed E-state index contributed by atoms with van der Waals surface area (Å²) in [6, 6.07) is 5.83. The molecule has 0 saturated carbocycles. The average molecular weight is 267 g/mol. The van der Waals surface area contributed by atoms with Crippen molar-refractivity contribution >= 4 is 0 Å². The van der Waals surface area contributed by atoms with Gasteiger partial charge in [0.1, 0.15) is 6.61 Å². The zero-order valence-electron chi connectivity index (χ0n) is 12.1. The van der Waals surface area contributed by atoms with Gasteiger partial charge in [-0.2, -0.15) is 0 Å². The first kappa shape index (κ1) is 15.8. The van der Waals surface area contributed by atoms with Gasteiger partial charge in [0.2, 0.25) is 0 Å². The molecular formula is C15H25NO3. The summed E-state index contributed by atoms with van der Waals surface area (Å²) in [5.74, 6) is 1.43. The van der Waals surface area contributed by atoms with Gasteiger partial charge in [-0.15, -0.1) is 0 Å². The van der Waals surface area contributed by atoms with Gasteiger partial charge < -0.3 is 19.9 Å². The Morgan fingerprint density at radius 1 is 1.32 bits per heavy atom. The molecule has 0 aliphatic rings. The molecule has 0 saturated heterocycles. The molecule has 0 fully saturated rings. The highest BCUT2D eigenvalue weighted by atomic mass is 16.5. The number of aliphatic hydroxyl groups excluding tert-OH is 1. The molecule has 0 aromatic heterocycles. The van der Waals surface area contributed by atoms with E-state index in [1.165, 1.54) is 0 Å². The highest BCUT2D eigenvalue weighted by Gasteiger charge is 2.12. The normalized spacial score (nSPS) is 12.2. The SMILES string of the molecule is CCCNCc1cccc(OC)c1OCC(O)CC. The molecule has 0 aliphatic heterocycles. The van der Waals surface area contributed by atoms with Crippen LogP contribution in [-0.2, 0) is 6.54 Å². The number of methoxy groups -OCH3 is 1. The van der Waals surface area contributed by atoms with Crippen LogP contribution in [0.2, 0.25) is 0 Å². The summed E-state index contributed by atoms with van der Waals surface area (Å²) in [7, 11) is 1.63. The lowest BCUT2D eigenvalue weighted by Crippen LogP contribution is -2.19. The largest absolute Gasteiger partial charge is 0.493 e. The van der Waals surface area contributed by atoms with Crippen LogP contribution in [0.4, 0.5) is 0 Å². The van der Waals surface area contributed by atoms with E-state index in [4.69, 9.17) is 9.47 Å². The van der Waals surface area contributed by atoms with E-state index in [9.17, 15) is 5.11 Å². The van der Waals surface area contributed by atoms with Crippen molar-refractivity contribution in [2.45, 2.75) is 39.3 Å². The van der Waals surface area contributed by atoms with Crippen molar-refractivity contribution in [3.63, 3.8) is 0 Å². The molecule has 2 N–H and O–H groups in total. The Kier molecular flexibility index (Phi) is 7.30. The Balaban J connectivity index is 2.77. The molecule has 0 amide bonds. The average Bonchev–Trinajstić information content (AvgIpc) is 2.45. The van der Waals surface area contributed by atoms with Gasteiger partial charge in [-0.25, -0.2) is 0 Å². The molecule has 0 radical (unpaired) electrons. The Bertz CT molecular complexity index is 368. The highest BCUT2D eigenvalue weighted by Crippen LogP contribution is 2.31. The molecule has 4 heteroatoms. The van der Waals surface area contributed by atoms with E-state index >= 15 is 0 Å². The standard InChI is InChI=1S/C15H25NO3/c1-4-9-16-10-12-7-6-8-14(18-3)15(12)19-11-13(17)5-2/h6-8,13,16-17H,4-5,9-11H2,1-3H3. The van der Waals surface area contributed by atoms with Crippen LogP contribution < -0.4 is 14.8 Å². The lowest BCUT2D eigenvalue weighted by atomic mass is 10.1. The first-order valence-electron chi connectivity index (χ1n) is 6.90. The summed E-state index contributed by atoms with van der Waals surface area (Å²) in [6.07, 6.45) is 1.33. The maximum Gasteiger partial charge on any atom is 0.165 e. The second-order valence-corrected chi connectivity index (χ2v) is 4.50. The Labute approximate surface area is 115 Å². The van der Waals surface area contributed by atoms with Gasteiger partial charge in [-0.05, 0) is 25.5 Å². The van der Waals surface area contributed by atoms with Crippen LogP contribution in [0.3, 0.4) is 0 Å². The Hall–Kier alpha value is -1.26. The van der Waals surface area contributed by atoms with Gasteiger partial charge in [0.25, 0.3) is 0 Å². The van der Waals surface area contributed by atoms with E-state index < -0.39 is 6.10 Å². The van der Waals surface area contributed by atoms with Crippen molar-refractivity contribution in [1.29, 1.82) is 0 Å². The molecule has 0 bridgehead atoms. The molecule has 1 rings (SSSR count). The fourth-order valence-electron chi connectivity index (χ4n) is 1.72. The smallest absolute Gasteiger partial charge is 0.165 e. The predicted octanol–water partition coefficient (Wildman–Crippen LogP) is 2.34. The highest BCUT2D eigenvalue weighted by molar-refractivity contribution is 5.46. The van der Waals surface area contributed by atoms with E-state index in [2.05, 4.69) is 12.2 Å². The number of aliphatic hydroxyl groups is 1. The van der Waals surface area contributed by atoms with Crippen LogP contribution in [0, 0.1) is 0 Å². The second kappa shape index (κ2) is 8.77. The van der Waals surface area contributed by atoms with E-state index in [0.29, 0.717) is 12.2 Å². The maximum atomic E-state index is 9.61. The summed E-state index contributed by atoms with van der Waals surface area (Å²) in [6.45, 7) is 6.06. The van der Waals surface area contributed by atoms with Crippen molar-refractivity contribution in [1.82, 2.24) is 5.32 Å². The number of hydrogen-bond acceptors (Lipinski definition) is 4. The minimum Gasteiger partial charge on any atom is -0.493 e. The maximum absolute atomic E-state index is 9.61. The summed E-state index contributed by atoms with van der Waals surface area (Å²) in [5, 5.41) is 13.0. The minimum atomic E-state index is -0.443. The zero-order chi connectivity index (χ0) is 14.1. The number of para-hydroxylation sites is 1. The van der Waals surface area contributed by atoms with Crippen molar-refractivity contribution < 1.29 is 14.6 Å². The Morgan fingerprint density at radius 2 is 2.11 bits per heavy atom. The molecule has 4 nitrogen and oxygen atoms in total. The molecular weight excluding hydrogens is 242 g/mol. The van der Waals surface area contributed by atoms with Crippen LogP contribution in [0.5, 0.6) is 11.5 Å². The van der Waals surface area contributed by atoms with Crippen LogP contribution in [0.25, 0.3) is 0 Å². The number of ether oxygens (including phenoxy) is 2. The number of benzene rings is 1. The molecule has 1 aromatic carbocycles. The molecule has 19 heavy (non-hydrogen) atoms. The number of rotatable bonds is 9. The monoisotopic (exact) mass is 267 g/mol. The van der Waals surface area contributed by atoms with Gasteiger partial charge in [0, 0.05) is 12.1 Å². The molecule has 1 aromatic rings. The third-order valence-electron chi connectivity index (χ3n) is 2.91. The molecule has 0 heterocycles. The van der Waals surface area contributed by atoms with Crippen molar-refractivity contribution in [3.8, 4) is 11.5 Å². The molecule has 108 valence electrons. The minimum absolute atomic E-state index is 0.289. The zero-order valence-corrected chi connectivity index (χ0v) is 12.1. The molecule has 1 atom stereocenters. The van der Waals surface area contributed by atoms with Crippen molar-refractivity contribution in [2.75, 3.05) is 20.3 Å². The van der Waals surface area contributed by atoms with Crippen LogP contribution in [0.1, 0.15) is 32.3 Å². The molecule has 0 aliphatic carbocycles. The second-order valence-electron chi connectivity index (χ2n) is 4.50. The fourth-order valence-corrected chi connectivity index (χ4v) is 1.72. The van der Waals surface area contributed by atoms with Gasteiger partial charge in [0.15, 0.2) is 11.5 Å². The van der Waals surface area contributed by atoms with Crippen LogP contribution >= 0.6 is 0 Å². The number of hydrogen-bond donors (Lipinski definition) is 2. The van der Waals surface area contributed by atoms with E-state index in [-0.39, 0.29) is 6.61 Å². The molecule has 0 spiro atoms. The Morgan fingerprint density at radius 3 is 2.74 bits per heavy atom. The first-order chi connectivity index (χ1) is 9.22. The predicted molar refractivity (Wildman–Crippen MR) is 76.8 cm³/mol. The summed E-state index contributed by atoms with van der Waals surface area (Å²) >= 11 is 0. The summed E-state index contributed by atoms with van der Waals surface area (Å²) in [5.41, 5.74) is 1.05. The first-order valence-corrected chi connectivity index (χ1v) is 6.90. The quantitative estimate of drug-likeness (QED) is 0.674. The van der Waals surface area contributed by atoms with Gasteiger partial charge >= 0.3 is 0 Å².